The second-order valence-electron chi connectivity index (χ2n) is 25.8. The quantitative estimate of drug-likeness (QED) is 0.0222. The van der Waals surface area contributed by atoms with Crippen molar-refractivity contribution in [3.63, 3.8) is 0 Å². The van der Waals surface area contributed by atoms with Gasteiger partial charge in [-0.3, -0.25) is 37.3 Å². The summed E-state index contributed by atoms with van der Waals surface area (Å²) in [4.78, 5) is 72.3. The normalized spacial score (nSPS) is 14.6. The third-order valence-electron chi connectivity index (χ3n) is 16.0. The molecule has 87 heavy (non-hydrogen) atoms. The molecule has 0 fully saturated rings. The van der Waals surface area contributed by atoms with Crippen LogP contribution in [0.25, 0.3) is 0 Å². The van der Waals surface area contributed by atoms with Gasteiger partial charge in [-0.05, 0) is 43.4 Å². The molecule has 0 aromatic rings. The summed E-state index contributed by atoms with van der Waals surface area (Å²) in [5, 5.41) is 10.6. The minimum Gasteiger partial charge on any atom is -0.462 e. The smallest absolute Gasteiger partial charge is 0.462 e. The second-order valence-corrected chi connectivity index (χ2v) is 28.7. The summed E-state index contributed by atoms with van der Waals surface area (Å²) < 4.78 is 68.1. The lowest BCUT2D eigenvalue weighted by Gasteiger charge is -2.21. The molecule has 0 bridgehead atoms. The van der Waals surface area contributed by atoms with Crippen molar-refractivity contribution in [2.24, 2.45) is 17.8 Å². The Morgan fingerprint density at radius 2 is 0.586 bits per heavy atom. The number of rotatable bonds is 66. The van der Waals surface area contributed by atoms with Crippen molar-refractivity contribution in [3.8, 4) is 0 Å². The van der Waals surface area contributed by atoms with Crippen LogP contribution in [0.15, 0.2) is 0 Å². The maximum absolute atomic E-state index is 13.0. The summed E-state index contributed by atoms with van der Waals surface area (Å²) in [5.41, 5.74) is 0. The first-order valence-electron chi connectivity index (χ1n) is 35.4. The first-order chi connectivity index (χ1) is 41.8. The third-order valence-corrected chi connectivity index (χ3v) is 17.9. The largest absolute Gasteiger partial charge is 0.472 e. The number of esters is 4. The molecule has 0 radical (unpaired) electrons. The monoisotopic (exact) mass is 1280 g/mol. The van der Waals surface area contributed by atoms with Crippen molar-refractivity contribution in [1.29, 1.82) is 0 Å². The van der Waals surface area contributed by atoms with E-state index in [0.717, 1.165) is 109 Å². The molecule has 0 amide bonds. The minimum atomic E-state index is -4.95. The number of aliphatic hydroxyl groups is 1. The summed E-state index contributed by atoms with van der Waals surface area (Å²) >= 11 is 0. The standard InChI is InChI=1S/C68H132O17P2/c1-8-10-11-12-13-14-15-16-17-18-19-20-21-22-23-26-37-44-51-67(72)84-63(55-78-65(70)49-42-35-27-24-25-32-39-46-59(3)4)57-82-86(74,75)80-53-62(69)54-81-87(76,77)83-58-64(56-79-66(71)50-43-36-30-28-33-40-47-60(5)6)85-68(73)52-45-38-31-29-34-41-48-61(7)9-2/h59-64,69H,8-58H2,1-7H3,(H,74,75)(H,76,77)/t61?,62-,63-,64-/m1/s1. The van der Waals surface area contributed by atoms with E-state index in [4.69, 9.17) is 37.0 Å². The SMILES string of the molecule is CCCCCCCCCCCCCCCCCCCCC(=O)O[C@H](COC(=O)CCCCCCCCCC(C)C)COP(=O)(O)OC[C@@H](O)COP(=O)(O)OC[C@@H](COC(=O)CCCCCCCCC(C)C)OC(=O)CCCCCCCCC(C)CC. The fourth-order valence-electron chi connectivity index (χ4n) is 10.2. The van der Waals surface area contributed by atoms with Gasteiger partial charge in [0.15, 0.2) is 12.2 Å². The fraction of sp³-hybridized carbons (Fsp3) is 0.941. The molecular formula is C68H132O17P2. The molecule has 0 aliphatic rings. The van der Waals surface area contributed by atoms with Crippen LogP contribution in [0, 0.1) is 17.8 Å². The number of carbonyl (C=O) groups is 4. The van der Waals surface area contributed by atoms with Crippen LogP contribution in [-0.4, -0.2) is 96.7 Å². The Bertz CT molecular complexity index is 1720. The van der Waals surface area contributed by atoms with E-state index in [-0.39, 0.29) is 25.7 Å². The Balaban J connectivity index is 5.20. The van der Waals surface area contributed by atoms with Crippen molar-refractivity contribution in [1.82, 2.24) is 0 Å². The van der Waals surface area contributed by atoms with E-state index in [1.165, 1.54) is 135 Å². The summed E-state index contributed by atoms with van der Waals surface area (Å²) in [5.74, 6) is -0.0311. The van der Waals surface area contributed by atoms with E-state index in [9.17, 15) is 43.2 Å². The lowest BCUT2D eigenvalue weighted by atomic mass is 10.00. The zero-order valence-electron chi connectivity index (χ0n) is 56.5. The molecule has 0 heterocycles. The highest BCUT2D eigenvalue weighted by molar-refractivity contribution is 7.47. The zero-order valence-corrected chi connectivity index (χ0v) is 58.3. The highest BCUT2D eigenvalue weighted by Gasteiger charge is 2.30. The van der Waals surface area contributed by atoms with Crippen molar-refractivity contribution in [3.05, 3.63) is 0 Å². The molecule has 0 rings (SSSR count). The fourth-order valence-corrected chi connectivity index (χ4v) is 11.7. The van der Waals surface area contributed by atoms with Gasteiger partial charge in [0.25, 0.3) is 0 Å². The predicted molar refractivity (Wildman–Crippen MR) is 349 cm³/mol. The number of hydrogen-bond donors (Lipinski definition) is 3. The topological polar surface area (TPSA) is 237 Å². The van der Waals surface area contributed by atoms with Crippen LogP contribution < -0.4 is 0 Å². The number of aliphatic hydroxyl groups excluding tert-OH is 1. The minimum absolute atomic E-state index is 0.102. The number of unbranched alkanes of at least 4 members (excludes halogenated alkanes) is 33. The molecule has 6 atom stereocenters. The zero-order chi connectivity index (χ0) is 64.5. The van der Waals surface area contributed by atoms with Gasteiger partial charge < -0.3 is 33.8 Å². The maximum Gasteiger partial charge on any atom is 0.472 e. The predicted octanol–water partition coefficient (Wildman–Crippen LogP) is 19.1. The highest BCUT2D eigenvalue weighted by Crippen LogP contribution is 2.45. The molecule has 0 aliphatic heterocycles. The van der Waals surface area contributed by atoms with E-state index in [1.807, 2.05) is 0 Å². The Hall–Kier alpha value is -1.94. The lowest BCUT2D eigenvalue weighted by molar-refractivity contribution is -0.161. The van der Waals surface area contributed by atoms with Gasteiger partial charge in [-0.1, -0.05) is 286 Å². The van der Waals surface area contributed by atoms with Gasteiger partial charge in [-0.2, -0.15) is 0 Å². The molecular weight excluding hydrogens is 1150 g/mol. The Kier molecular flexibility index (Phi) is 57.8. The molecule has 3 unspecified atom stereocenters. The van der Waals surface area contributed by atoms with E-state index >= 15 is 0 Å². The van der Waals surface area contributed by atoms with Crippen LogP contribution in [-0.2, 0) is 65.4 Å². The maximum atomic E-state index is 13.0. The first-order valence-corrected chi connectivity index (χ1v) is 38.4. The van der Waals surface area contributed by atoms with E-state index in [1.54, 1.807) is 0 Å². The van der Waals surface area contributed by atoms with E-state index in [0.29, 0.717) is 37.5 Å². The molecule has 0 saturated heterocycles. The van der Waals surface area contributed by atoms with Crippen LogP contribution >= 0.6 is 15.6 Å². The van der Waals surface area contributed by atoms with Crippen LogP contribution in [0.5, 0.6) is 0 Å². The summed E-state index contributed by atoms with van der Waals surface area (Å²) in [6, 6.07) is 0. The summed E-state index contributed by atoms with van der Waals surface area (Å²) in [6.45, 7) is 11.6. The molecule has 0 aliphatic carbocycles. The van der Waals surface area contributed by atoms with Gasteiger partial charge in [0.05, 0.1) is 26.4 Å². The van der Waals surface area contributed by atoms with Gasteiger partial charge in [0, 0.05) is 25.7 Å². The van der Waals surface area contributed by atoms with Crippen LogP contribution in [0.2, 0.25) is 0 Å². The number of hydrogen-bond acceptors (Lipinski definition) is 15. The first kappa shape index (κ1) is 85.1. The van der Waals surface area contributed by atoms with Gasteiger partial charge in [-0.15, -0.1) is 0 Å². The molecule has 516 valence electrons. The molecule has 0 saturated carbocycles. The van der Waals surface area contributed by atoms with Gasteiger partial charge >= 0.3 is 39.5 Å². The van der Waals surface area contributed by atoms with Crippen LogP contribution in [0.4, 0.5) is 0 Å². The molecule has 3 N–H and O–H groups in total. The van der Waals surface area contributed by atoms with Crippen molar-refractivity contribution in [2.75, 3.05) is 39.6 Å². The molecule has 17 nitrogen and oxygen atoms in total. The van der Waals surface area contributed by atoms with Crippen molar-refractivity contribution >= 4 is 39.5 Å². The molecule has 0 aromatic heterocycles. The van der Waals surface area contributed by atoms with Crippen molar-refractivity contribution in [2.45, 2.75) is 356 Å². The second kappa shape index (κ2) is 59.1. The summed E-state index contributed by atoms with van der Waals surface area (Å²) in [7, 11) is -9.89. The number of phosphoric acid groups is 2. The van der Waals surface area contributed by atoms with Crippen LogP contribution in [0.1, 0.15) is 337 Å². The average molecular weight is 1280 g/mol. The Morgan fingerprint density at radius 3 is 0.874 bits per heavy atom. The number of phosphoric ester groups is 2. The lowest BCUT2D eigenvalue weighted by Crippen LogP contribution is -2.30. The van der Waals surface area contributed by atoms with Crippen LogP contribution in [0.3, 0.4) is 0 Å². The van der Waals surface area contributed by atoms with Crippen molar-refractivity contribution < 1.29 is 80.2 Å². The molecule has 0 spiro atoms. The third kappa shape index (κ3) is 61.3. The van der Waals surface area contributed by atoms with Gasteiger partial charge in [-0.25, -0.2) is 9.13 Å². The van der Waals surface area contributed by atoms with E-state index in [2.05, 4.69) is 48.5 Å². The number of ether oxygens (including phenoxy) is 4. The van der Waals surface area contributed by atoms with E-state index < -0.39 is 97.5 Å². The average Bonchev–Trinajstić information content (AvgIpc) is 3.68. The molecule has 0 aromatic carbocycles. The van der Waals surface area contributed by atoms with Gasteiger partial charge in [0.2, 0.25) is 0 Å². The van der Waals surface area contributed by atoms with Gasteiger partial charge in [0.1, 0.15) is 19.3 Å². The Labute approximate surface area is 530 Å². The number of carbonyl (C=O) groups excluding carboxylic acids is 4. The Morgan fingerprint density at radius 1 is 0.333 bits per heavy atom. The highest BCUT2D eigenvalue weighted by atomic mass is 31.2. The summed E-state index contributed by atoms with van der Waals surface area (Å²) in [6.07, 6.45) is 42.1. The molecule has 19 heteroatoms.